The summed E-state index contributed by atoms with van der Waals surface area (Å²) in [7, 11) is 0. The molecule has 7 nitrogen and oxygen atoms in total. The third-order valence-electron chi connectivity index (χ3n) is 6.46. The summed E-state index contributed by atoms with van der Waals surface area (Å²) in [5.74, 6) is 1.50. The summed E-state index contributed by atoms with van der Waals surface area (Å²) in [6.07, 6.45) is 4.51. The Morgan fingerprint density at radius 3 is 2.10 bits per heavy atom. The van der Waals surface area contributed by atoms with E-state index in [1.54, 1.807) is 0 Å². The van der Waals surface area contributed by atoms with Gasteiger partial charge in [0.25, 0.3) is 0 Å². The number of azo groups is 2. The van der Waals surface area contributed by atoms with E-state index in [1.165, 1.54) is 34.8 Å². The molecule has 4 aromatic rings. The summed E-state index contributed by atoms with van der Waals surface area (Å²) in [6, 6.07) is 18.0. The first-order valence-corrected chi connectivity index (χ1v) is 16.2. The monoisotopic (exact) mass is 590 g/mol. The van der Waals surface area contributed by atoms with Gasteiger partial charge in [-0.2, -0.15) is 0 Å². The number of thiophene rings is 1. The Morgan fingerprint density at radius 1 is 0.854 bits per heavy atom. The highest BCUT2D eigenvalue weighted by atomic mass is 32.1. The van der Waals surface area contributed by atoms with E-state index < -0.39 is 0 Å². The third-order valence-corrected chi connectivity index (χ3v) is 8.39. The van der Waals surface area contributed by atoms with Gasteiger partial charge in [-0.1, -0.05) is 64.2 Å². The fourth-order valence-electron chi connectivity index (χ4n) is 4.79. The van der Waals surface area contributed by atoms with Crippen molar-refractivity contribution in [2.75, 3.05) is 24.6 Å². The number of nitrogens with zero attached hydrogens (tertiary/aromatic N) is 6. The average Bonchev–Trinajstić information content (AvgIpc) is 3.49. The van der Waals surface area contributed by atoms with E-state index in [4.69, 9.17) is 4.74 Å². The van der Waals surface area contributed by atoms with Gasteiger partial charge < -0.3 is 9.64 Å². The molecule has 0 fully saturated rings. The first-order chi connectivity index (χ1) is 19.7. The molecule has 0 saturated heterocycles. The number of benzene rings is 2. The predicted molar refractivity (Wildman–Crippen MR) is 175 cm³/mol. The number of rotatable bonds is 14. The molecule has 2 heterocycles. The Labute approximate surface area is 252 Å². The second kappa shape index (κ2) is 14.6. The average molecular weight is 591 g/mol. The van der Waals surface area contributed by atoms with Crippen molar-refractivity contribution in [3.05, 3.63) is 54.6 Å². The van der Waals surface area contributed by atoms with Gasteiger partial charge in [-0.3, -0.25) is 0 Å². The van der Waals surface area contributed by atoms with Gasteiger partial charge in [0.15, 0.2) is 0 Å². The molecule has 4 rings (SSSR count). The number of hydrogen-bond donors (Lipinski definition) is 0. The summed E-state index contributed by atoms with van der Waals surface area (Å²) in [4.78, 5) is 7.92. The van der Waals surface area contributed by atoms with Crippen LogP contribution in [-0.4, -0.2) is 24.7 Å². The van der Waals surface area contributed by atoms with Gasteiger partial charge in [-0.25, -0.2) is 4.98 Å². The van der Waals surface area contributed by atoms with Crippen LogP contribution in [0.4, 0.5) is 27.2 Å². The molecule has 0 spiro atoms. The summed E-state index contributed by atoms with van der Waals surface area (Å²) in [6.45, 7) is 16.4. The molecular formula is C32H42N6OS2. The fraction of sp³-hybridized carbons (Fsp3) is 0.469. The molecular weight excluding hydrogens is 549 g/mol. The van der Waals surface area contributed by atoms with Crippen molar-refractivity contribution in [1.82, 2.24) is 4.98 Å². The number of hydrogen-bond acceptors (Lipinski definition) is 9. The Hall–Kier alpha value is -3.17. The topological polar surface area (TPSA) is 74.8 Å². The maximum absolute atomic E-state index is 5.93. The summed E-state index contributed by atoms with van der Waals surface area (Å²) < 4.78 is 6.97. The van der Waals surface area contributed by atoms with E-state index in [0.29, 0.717) is 16.5 Å². The van der Waals surface area contributed by atoms with E-state index >= 15 is 0 Å². The Morgan fingerprint density at radius 2 is 1.49 bits per heavy atom. The second-order valence-electron chi connectivity index (χ2n) is 11.7. The van der Waals surface area contributed by atoms with Crippen LogP contribution < -0.4 is 9.64 Å². The van der Waals surface area contributed by atoms with Crippen LogP contribution >= 0.6 is 22.7 Å². The van der Waals surface area contributed by atoms with Crippen LogP contribution in [0.25, 0.3) is 9.53 Å². The SMILES string of the molecule is CCCN(CCC)c1ccc(/N=N/c2nc3sc(/N=N/c4ccc(OCCC(C)CC(C)(C)C)cc4)cc3s2)cc1. The molecule has 1 unspecified atom stereocenters. The van der Waals surface area contributed by atoms with E-state index in [0.717, 1.165) is 70.6 Å². The minimum Gasteiger partial charge on any atom is -0.494 e. The molecule has 41 heavy (non-hydrogen) atoms. The molecule has 2 aromatic heterocycles. The maximum Gasteiger partial charge on any atom is 0.231 e. The molecule has 0 aliphatic heterocycles. The molecule has 0 N–H and O–H groups in total. The zero-order chi connectivity index (χ0) is 29.2. The highest BCUT2D eigenvalue weighted by Crippen LogP contribution is 2.39. The van der Waals surface area contributed by atoms with Crippen LogP contribution in [0.3, 0.4) is 0 Å². The van der Waals surface area contributed by atoms with Crippen molar-refractivity contribution < 1.29 is 4.74 Å². The molecule has 0 bridgehead atoms. The predicted octanol–water partition coefficient (Wildman–Crippen LogP) is 11.7. The normalized spacial score (nSPS) is 13.0. The van der Waals surface area contributed by atoms with Gasteiger partial charge in [0.2, 0.25) is 5.13 Å². The Balaban J connectivity index is 1.29. The number of thiazole rings is 1. The van der Waals surface area contributed by atoms with Crippen LogP contribution in [0.1, 0.15) is 67.2 Å². The minimum absolute atomic E-state index is 0.352. The number of aromatic nitrogens is 1. The van der Waals surface area contributed by atoms with Gasteiger partial charge in [-0.15, -0.1) is 20.5 Å². The number of ether oxygens (including phenoxy) is 1. The van der Waals surface area contributed by atoms with Crippen LogP contribution in [-0.2, 0) is 0 Å². The molecule has 0 amide bonds. The summed E-state index contributed by atoms with van der Waals surface area (Å²) in [5, 5.41) is 19.0. The van der Waals surface area contributed by atoms with Gasteiger partial charge in [-0.05, 0) is 91.6 Å². The lowest BCUT2D eigenvalue weighted by molar-refractivity contribution is 0.240. The van der Waals surface area contributed by atoms with Crippen LogP contribution in [0.2, 0.25) is 0 Å². The van der Waals surface area contributed by atoms with E-state index in [2.05, 4.69) is 84.0 Å². The smallest absolute Gasteiger partial charge is 0.231 e. The van der Waals surface area contributed by atoms with Crippen molar-refractivity contribution in [2.24, 2.45) is 31.8 Å². The molecule has 0 saturated carbocycles. The van der Waals surface area contributed by atoms with Crippen LogP contribution in [0, 0.1) is 11.3 Å². The lowest BCUT2D eigenvalue weighted by Crippen LogP contribution is -2.24. The molecule has 9 heteroatoms. The largest absolute Gasteiger partial charge is 0.494 e. The first kappa shape index (κ1) is 30.8. The number of fused-ring (bicyclic) bond motifs is 1. The molecule has 1 atom stereocenters. The fourth-order valence-corrected chi connectivity index (χ4v) is 6.64. The Kier molecular flexibility index (Phi) is 11.0. The van der Waals surface area contributed by atoms with Gasteiger partial charge in [0.05, 0.1) is 22.7 Å². The zero-order valence-corrected chi connectivity index (χ0v) is 26.8. The third kappa shape index (κ3) is 9.71. The molecule has 2 aromatic carbocycles. The lowest BCUT2D eigenvalue weighted by atomic mass is 9.84. The van der Waals surface area contributed by atoms with Crippen molar-refractivity contribution in [3.8, 4) is 5.75 Å². The number of anilines is 1. The first-order valence-electron chi connectivity index (χ1n) is 14.5. The van der Waals surface area contributed by atoms with E-state index in [9.17, 15) is 0 Å². The van der Waals surface area contributed by atoms with Crippen molar-refractivity contribution in [1.29, 1.82) is 0 Å². The van der Waals surface area contributed by atoms with Crippen molar-refractivity contribution in [2.45, 2.75) is 67.2 Å². The standard InChI is InChI=1S/C32H42N6OS2/c1-7-18-38(19-8-2)26-13-9-24(10-14-26)35-37-31-33-30-28(40-31)21-29(41-30)36-34-25-11-15-27(16-12-25)39-20-17-23(3)22-32(4,5)6/h9-16,21,23H,7-8,17-20,22H2,1-6H3/b36-34+,37-35+. The zero-order valence-electron chi connectivity index (χ0n) is 25.1. The quantitative estimate of drug-likeness (QED) is 0.137. The van der Waals surface area contributed by atoms with Gasteiger partial charge >= 0.3 is 0 Å². The highest BCUT2D eigenvalue weighted by Gasteiger charge is 2.15. The van der Waals surface area contributed by atoms with Gasteiger partial charge in [0.1, 0.15) is 15.6 Å². The van der Waals surface area contributed by atoms with E-state index in [-0.39, 0.29) is 0 Å². The summed E-state index contributed by atoms with van der Waals surface area (Å²) in [5.41, 5.74) is 3.19. The molecule has 0 radical (unpaired) electrons. The second-order valence-corrected chi connectivity index (χ2v) is 13.7. The van der Waals surface area contributed by atoms with Crippen molar-refractivity contribution >= 4 is 59.4 Å². The van der Waals surface area contributed by atoms with Crippen LogP contribution in [0.15, 0.2) is 75.1 Å². The lowest BCUT2D eigenvalue weighted by Gasteiger charge is -2.23. The molecule has 0 aliphatic carbocycles. The Bertz CT molecular complexity index is 1380. The molecule has 218 valence electrons. The van der Waals surface area contributed by atoms with Crippen molar-refractivity contribution in [3.63, 3.8) is 0 Å². The maximum atomic E-state index is 5.93. The molecule has 0 aliphatic rings. The van der Waals surface area contributed by atoms with E-state index in [1.807, 2.05) is 42.5 Å². The minimum atomic E-state index is 0.352. The summed E-state index contributed by atoms with van der Waals surface area (Å²) >= 11 is 3.01. The van der Waals surface area contributed by atoms with Crippen LogP contribution in [0.5, 0.6) is 5.75 Å². The highest BCUT2D eigenvalue weighted by molar-refractivity contribution is 7.30. The van der Waals surface area contributed by atoms with Gasteiger partial charge in [0, 0.05) is 18.8 Å².